The highest BCUT2D eigenvalue weighted by Crippen LogP contribution is 2.52. The highest BCUT2D eigenvalue weighted by molar-refractivity contribution is 7.81. The molecule has 0 aliphatic heterocycles. The number of alkyl halides is 11. The molecule has 0 saturated heterocycles. The quantitative estimate of drug-likeness (QED) is 0.312. The predicted octanol–water partition coefficient (Wildman–Crippen LogP) is 4.48. The largest absolute Gasteiger partial charge is 0.476 e. The molecule has 30 heavy (non-hydrogen) atoms. The van der Waals surface area contributed by atoms with Gasteiger partial charge in [-0.05, 0) is 0 Å². The minimum Gasteiger partial charge on any atom is -0.288 e. The van der Waals surface area contributed by atoms with Gasteiger partial charge in [-0.2, -0.15) is 65.5 Å². The van der Waals surface area contributed by atoms with Gasteiger partial charge in [-0.1, -0.05) is 7.77 Å². The third kappa shape index (κ3) is 6.20. The first kappa shape index (κ1) is 30.1. The maximum Gasteiger partial charge on any atom is 0.476 e. The number of carbonyl (C=O) groups is 2. The predicted molar refractivity (Wildman–Crippen MR) is 57.3 cm³/mol. The van der Waals surface area contributed by atoms with Crippen LogP contribution in [0.5, 0.6) is 0 Å². The molecule has 0 bridgehead atoms. The molecule has 21 heteroatoms. The molecular weight excluding hydrogens is 508 g/mol. The van der Waals surface area contributed by atoms with Crippen LogP contribution in [-0.4, -0.2) is 49.9 Å². The van der Waals surface area contributed by atoms with Gasteiger partial charge < -0.3 is 0 Å². The van der Waals surface area contributed by atoms with E-state index in [0.29, 0.717) is 0 Å². The molecule has 0 aromatic carbocycles. The number of carbonyl (C=O) groups excluding carboxylic acids is 2. The lowest BCUT2D eigenvalue weighted by molar-refractivity contribution is -0.310. The van der Waals surface area contributed by atoms with Crippen molar-refractivity contribution in [1.29, 1.82) is 0 Å². The highest BCUT2D eigenvalue weighted by Gasteiger charge is 2.85. The van der Waals surface area contributed by atoms with Crippen LogP contribution in [-0.2, 0) is 20.2 Å². The monoisotopic (exact) mass is 508 g/mol. The number of Topliss-reactive ketones (excluding diaryl/α,β-unsaturated/α-hetero) is 2. The van der Waals surface area contributed by atoms with Gasteiger partial charge in [0.1, 0.15) is 0 Å². The summed E-state index contributed by atoms with van der Waals surface area (Å²) in [6, 6.07) is 0. The summed E-state index contributed by atoms with van der Waals surface area (Å²) in [4.78, 5) is 21.1. The molecule has 0 radical (unpaired) electrons. The first-order valence-electron chi connectivity index (χ1n) is 5.70. The summed E-state index contributed by atoms with van der Waals surface area (Å²) in [5.74, 6) is -28.7. The Kier molecular flexibility index (Phi) is 8.60. The van der Waals surface area contributed by atoms with Gasteiger partial charge >= 0.3 is 46.6 Å². The summed E-state index contributed by atoms with van der Waals surface area (Å²) in [5.41, 5.74) is -7.68. The number of hydrogen-bond acceptors (Lipinski definition) is 4. The van der Waals surface area contributed by atoms with Crippen molar-refractivity contribution in [2.75, 3.05) is 0 Å². The van der Waals surface area contributed by atoms with Crippen molar-refractivity contribution in [2.24, 2.45) is 0 Å². The maximum atomic E-state index is 13.5. The lowest BCUT2D eigenvalue weighted by atomic mass is 9.85. The Bertz CT molecular complexity index is 794. The standard InChI is InChI=1S/C9F14O2.F2O2S/c10-1(3(11)12)2(24)6(14,15)5(13,8(18,19)20)4(25)7(16,17)9(21,22)23;1-5(2,3)4. The zero-order chi connectivity index (χ0) is 25.3. The highest BCUT2D eigenvalue weighted by atomic mass is 32.3. The van der Waals surface area contributed by atoms with Crippen LogP contribution in [0.15, 0.2) is 11.9 Å². The summed E-state index contributed by atoms with van der Waals surface area (Å²) in [5, 5.41) is 0. The van der Waals surface area contributed by atoms with Crippen LogP contribution in [0, 0.1) is 0 Å². The molecule has 0 saturated carbocycles. The van der Waals surface area contributed by atoms with Crippen molar-refractivity contribution in [3.05, 3.63) is 11.9 Å². The average Bonchev–Trinajstić information content (AvgIpc) is 2.47. The molecule has 178 valence electrons. The Balaban J connectivity index is 0. The third-order valence-corrected chi connectivity index (χ3v) is 2.43. The minimum atomic E-state index is -7.68. The second-order valence-electron chi connectivity index (χ2n) is 4.41. The zero-order valence-corrected chi connectivity index (χ0v) is 13.4. The summed E-state index contributed by atoms with van der Waals surface area (Å²) >= 11 is 0. The van der Waals surface area contributed by atoms with Crippen LogP contribution < -0.4 is 0 Å². The van der Waals surface area contributed by atoms with Gasteiger partial charge in [0.25, 0.3) is 11.6 Å². The molecule has 4 nitrogen and oxygen atoms in total. The summed E-state index contributed by atoms with van der Waals surface area (Å²) < 4.78 is 210. The van der Waals surface area contributed by atoms with E-state index in [1.54, 1.807) is 0 Å². The smallest absolute Gasteiger partial charge is 0.288 e. The van der Waals surface area contributed by atoms with Crippen molar-refractivity contribution in [1.82, 2.24) is 0 Å². The second-order valence-corrected chi connectivity index (χ2v) is 5.17. The first-order chi connectivity index (χ1) is 12.7. The van der Waals surface area contributed by atoms with E-state index < -0.39 is 63.9 Å². The first-order valence-corrected chi connectivity index (χ1v) is 6.98. The van der Waals surface area contributed by atoms with Crippen LogP contribution in [0.4, 0.5) is 69.2 Å². The Morgan fingerprint density at radius 3 is 1.10 bits per heavy atom. The Morgan fingerprint density at radius 1 is 0.600 bits per heavy atom. The fourth-order valence-corrected chi connectivity index (χ4v) is 1.17. The molecule has 0 heterocycles. The molecular formula is C9F16O4S. The third-order valence-electron chi connectivity index (χ3n) is 2.43. The Hall–Kier alpha value is -2.09. The number of rotatable bonds is 5. The van der Waals surface area contributed by atoms with Crippen molar-refractivity contribution in [3.63, 3.8) is 0 Å². The van der Waals surface area contributed by atoms with Gasteiger partial charge in [-0.3, -0.25) is 9.59 Å². The second kappa shape index (κ2) is 8.57. The molecule has 0 fully saturated rings. The number of halogens is 16. The molecule has 0 aliphatic carbocycles. The molecule has 0 spiro atoms. The van der Waals surface area contributed by atoms with Crippen LogP contribution in [0.3, 0.4) is 0 Å². The van der Waals surface area contributed by atoms with E-state index in [0.717, 1.165) is 0 Å². The lowest BCUT2D eigenvalue weighted by Crippen LogP contribution is -2.69. The van der Waals surface area contributed by atoms with E-state index in [2.05, 4.69) is 0 Å². The van der Waals surface area contributed by atoms with Crippen LogP contribution in [0.2, 0.25) is 0 Å². The van der Waals surface area contributed by atoms with E-state index in [1.807, 2.05) is 0 Å². The summed E-state index contributed by atoms with van der Waals surface area (Å²) in [6.45, 7) is 0. The molecule has 0 amide bonds. The van der Waals surface area contributed by atoms with E-state index in [1.165, 1.54) is 0 Å². The molecule has 0 rings (SSSR count). The van der Waals surface area contributed by atoms with Crippen LogP contribution in [0.25, 0.3) is 0 Å². The lowest BCUT2D eigenvalue weighted by Gasteiger charge is -2.34. The van der Waals surface area contributed by atoms with Crippen LogP contribution in [0.1, 0.15) is 0 Å². The van der Waals surface area contributed by atoms with Gasteiger partial charge in [0.2, 0.25) is 5.83 Å². The average molecular weight is 508 g/mol. The molecule has 1 atom stereocenters. The van der Waals surface area contributed by atoms with Crippen LogP contribution >= 0.6 is 0 Å². The maximum absolute atomic E-state index is 13.5. The van der Waals surface area contributed by atoms with Gasteiger partial charge in [0.05, 0.1) is 0 Å². The van der Waals surface area contributed by atoms with Gasteiger partial charge in [0.15, 0.2) is 0 Å². The number of ketones is 2. The Labute approximate surface area is 152 Å². The van der Waals surface area contributed by atoms with E-state index in [9.17, 15) is 78.8 Å². The Morgan fingerprint density at radius 2 is 0.900 bits per heavy atom. The fraction of sp³-hybridized carbons (Fsp3) is 0.556. The van der Waals surface area contributed by atoms with Crippen molar-refractivity contribution >= 4 is 22.2 Å². The molecule has 0 N–H and O–H groups in total. The SMILES string of the molecule is O=C(C(F)=C(F)F)C(F)(F)C(F)(C(=O)C(F)(F)C(F)(F)F)C(F)(F)F.O=S(=O)(F)F. The molecule has 0 aromatic heterocycles. The molecule has 0 aliphatic rings. The van der Waals surface area contributed by atoms with E-state index in [4.69, 9.17) is 8.42 Å². The topological polar surface area (TPSA) is 68.3 Å². The normalized spacial score (nSPS) is 15.5. The zero-order valence-electron chi connectivity index (χ0n) is 12.6. The van der Waals surface area contributed by atoms with Crippen molar-refractivity contribution in [2.45, 2.75) is 29.9 Å². The fourth-order valence-electron chi connectivity index (χ4n) is 1.17. The van der Waals surface area contributed by atoms with Gasteiger partial charge in [-0.25, -0.2) is 4.39 Å². The number of hydrogen-bond donors (Lipinski definition) is 0. The van der Waals surface area contributed by atoms with Gasteiger partial charge in [0, 0.05) is 0 Å². The number of allylic oxidation sites excluding steroid dienone is 1. The van der Waals surface area contributed by atoms with Gasteiger partial charge in [-0.15, -0.1) is 0 Å². The molecule has 0 aromatic rings. The van der Waals surface area contributed by atoms with E-state index >= 15 is 0 Å². The summed E-state index contributed by atoms with van der Waals surface area (Å²) in [7, 11) is -5.67. The summed E-state index contributed by atoms with van der Waals surface area (Å²) in [6.07, 6.45) is -19.1. The molecule has 1 unspecified atom stereocenters. The van der Waals surface area contributed by atoms with Crippen molar-refractivity contribution < 1.29 is 87.2 Å². The van der Waals surface area contributed by atoms with E-state index in [-0.39, 0.29) is 0 Å². The van der Waals surface area contributed by atoms with Crippen molar-refractivity contribution in [3.8, 4) is 0 Å². The minimum absolute atomic E-state index is 4.08.